The first-order valence-electron chi connectivity index (χ1n) is 13.8. The molecule has 8 heteroatoms. The average Bonchev–Trinajstić information content (AvgIpc) is 3.06. The molecule has 6 nitrogen and oxygen atoms in total. The highest BCUT2D eigenvalue weighted by molar-refractivity contribution is 9.10. The molecule has 0 radical (unpaired) electrons. The lowest BCUT2D eigenvalue weighted by atomic mass is 9.76. The normalized spacial score (nSPS) is 17.4. The van der Waals surface area contributed by atoms with Gasteiger partial charge in [0.15, 0.2) is 0 Å². The molecule has 2 aromatic rings. The molecule has 0 aromatic heterocycles. The lowest BCUT2D eigenvalue weighted by Gasteiger charge is -2.34. The highest BCUT2D eigenvalue weighted by Crippen LogP contribution is 2.37. The fraction of sp³-hybridized carbons (Fsp3) is 0.562. The predicted molar refractivity (Wildman–Crippen MR) is 162 cm³/mol. The van der Waals surface area contributed by atoms with E-state index in [0.717, 1.165) is 32.2 Å². The summed E-state index contributed by atoms with van der Waals surface area (Å²) in [5, 5.41) is 0. The van der Waals surface area contributed by atoms with E-state index in [1.807, 2.05) is 77.9 Å². The van der Waals surface area contributed by atoms with Crippen LogP contribution in [0.15, 0.2) is 40.9 Å². The molecular weight excluding hydrogens is 571 g/mol. The van der Waals surface area contributed by atoms with Crippen LogP contribution < -0.4 is 5.46 Å². The number of hydrogen-bond donors (Lipinski definition) is 0. The number of halogens is 1. The Morgan fingerprint density at radius 1 is 0.875 bits per heavy atom. The van der Waals surface area contributed by atoms with E-state index in [4.69, 9.17) is 18.8 Å². The summed E-state index contributed by atoms with van der Waals surface area (Å²) < 4.78 is 25.3. The third kappa shape index (κ3) is 7.18. The standard InChI is InChI=1S/C32H44BBrO6/c1-20-12-14-24(33-39-31(8,9)32(10,11)40-33)16-22(20)18-26(38-27(35)29(3,4)5)30(6,7)28(36)37-19-23-17-25(34)15-13-21(23)2/h12-17,26H,18-19H2,1-11H3. The Balaban J connectivity index is 1.90. The van der Waals surface area contributed by atoms with Crippen molar-refractivity contribution in [2.75, 3.05) is 0 Å². The Morgan fingerprint density at radius 2 is 1.43 bits per heavy atom. The van der Waals surface area contributed by atoms with Gasteiger partial charge in [-0.3, -0.25) is 9.59 Å². The van der Waals surface area contributed by atoms with Crippen molar-refractivity contribution < 1.29 is 28.4 Å². The zero-order chi connectivity index (χ0) is 30.3. The van der Waals surface area contributed by atoms with Crippen LogP contribution in [-0.4, -0.2) is 36.4 Å². The Morgan fingerprint density at radius 3 is 2.00 bits per heavy atom. The smallest absolute Gasteiger partial charge is 0.460 e. The van der Waals surface area contributed by atoms with Crippen molar-refractivity contribution >= 4 is 40.4 Å². The van der Waals surface area contributed by atoms with Crippen LogP contribution in [0.2, 0.25) is 0 Å². The topological polar surface area (TPSA) is 71.1 Å². The number of rotatable bonds is 8. The van der Waals surface area contributed by atoms with E-state index in [2.05, 4.69) is 15.9 Å². The molecule has 0 bridgehead atoms. The third-order valence-corrected chi connectivity index (χ3v) is 8.66. The van der Waals surface area contributed by atoms with Crippen LogP contribution in [0.3, 0.4) is 0 Å². The molecule has 1 atom stereocenters. The number of carbonyl (C=O) groups excluding carboxylic acids is 2. The second-order valence-electron chi connectivity index (χ2n) is 13.5. The van der Waals surface area contributed by atoms with Gasteiger partial charge in [-0.25, -0.2) is 0 Å². The van der Waals surface area contributed by atoms with Gasteiger partial charge in [0, 0.05) is 10.9 Å². The highest BCUT2D eigenvalue weighted by Gasteiger charge is 2.52. The van der Waals surface area contributed by atoms with E-state index < -0.39 is 41.2 Å². The highest BCUT2D eigenvalue weighted by atomic mass is 79.9. The molecule has 1 aliphatic rings. The molecular formula is C32H44BBrO6. The molecule has 1 heterocycles. The molecule has 0 aliphatic carbocycles. The number of ether oxygens (including phenoxy) is 2. The van der Waals surface area contributed by atoms with E-state index in [1.54, 1.807) is 34.6 Å². The third-order valence-electron chi connectivity index (χ3n) is 8.17. The summed E-state index contributed by atoms with van der Waals surface area (Å²) >= 11 is 3.48. The second-order valence-corrected chi connectivity index (χ2v) is 14.4. The molecule has 0 amide bonds. The van der Waals surface area contributed by atoms with Gasteiger partial charge in [0.1, 0.15) is 12.7 Å². The summed E-state index contributed by atoms with van der Waals surface area (Å²) in [6.45, 7) is 21.2. The van der Waals surface area contributed by atoms with E-state index in [1.165, 1.54) is 0 Å². The van der Waals surface area contributed by atoms with Crippen molar-refractivity contribution in [3.63, 3.8) is 0 Å². The maximum absolute atomic E-state index is 13.5. The van der Waals surface area contributed by atoms with Gasteiger partial charge in [-0.1, -0.05) is 40.2 Å². The summed E-state index contributed by atoms with van der Waals surface area (Å²) in [5.74, 6) is -0.806. The first-order chi connectivity index (χ1) is 18.2. The van der Waals surface area contributed by atoms with Crippen molar-refractivity contribution in [3.8, 4) is 0 Å². The van der Waals surface area contributed by atoms with Crippen molar-refractivity contribution in [2.45, 2.75) is 106 Å². The Bertz CT molecular complexity index is 1240. The Labute approximate surface area is 248 Å². The summed E-state index contributed by atoms with van der Waals surface area (Å²) in [4.78, 5) is 26.6. The largest absolute Gasteiger partial charge is 0.494 e. The molecule has 0 N–H and O–H groups in total. The van der Waals surface area contributed by atoms with Crippen molar-refractivity contribution in [3.05, 3.63) is 63.1 Å². The fourth-order valence-electron chi connectivity index (χ4n) is 4.24. The van der Waals surface area contributed by atoms with Crippen LogP contribution in [0.25, 0.3) is 0 Å². The molecule has 1 fully saturated rings. The van der Waals surface area contributed by atoms with Crippen LogP contribution in [0.5, 0.6) is 0 Å². The molecule has 1 aliphatic heterocycles. The number of hydrogen-bond acceptors (Lipinski definition) is 6. The Hall–Kier alpha value is -2.16. The van der Waals surface area contributed by atoms with Crippen LogP contribution in [0.4, 0.5) is 0 Å². The molecule has 0 spiro atoms. The van der Waals surface area contributed by atoms with Crippen molar-refractivity contribution in [1.29, 1.82) is 0 Å². The quantitative estimate of drug-likeness (QED) is 0.245. The van der Waals surface area contributed by atoms with E-state index in [0.29, 0.717) is 6.42 Å². The molecule has 1 saturated heterocycles. The lowest BCUT2D eigenvalue weighted by Crippen LogP contribution is -2.44. The molecule has 2 aromatic carbocycles. The zero-order valence-corrected chi connectivity index (χ0v) is 27.4. The SMILES string of the molecule is Cc1ccc(Br)cc1COC(=O)C(C)(C)C(Cc1cc(B2OC(C)(C)C(C)(C)O2)ccc1C)OC(=O)C(C)(C)C. The summed E-state index contributed by atoms with van der Waals surface area (Å²) in [7, 11) is -0.522. The van der Waals surface area contributed by atoms with E-state index >= 15 is 0 Å². The number of benzene rings is 2. The molecule has 0 saturated carbocycles. The predicted octanol–water partition coefficient (Wildman–Crippen LogP) is 6.64. The molecule has 40 heavy (non-hydrogen) atoms. The number of carbonyl (C=O) groups is 2. The summed E-state index contributed by atoms with van der Waals surface area (Å²) in [6.07, 6.45) is -0.429. The van der Waals surface area contributed by atoms with Crippen molar-refractivity contribution in [1.82, 2.24) is 0 Å². The van der Waals surface area contributed by atoms with Gasteiger partial charge in [-0.15, -0.1) is 0 Å². The van der Waals surface area contributed by atoms with Crippen molar-refractivity contribution in [2.24, 2.45) is 10.8 Å². The minimum absolute atomic E-state index is 0.129. The zero-order valence-electron chi connectivity index (χ0n) is 25.9. The van der Waals surface area contributed by atoms with Gasteiger partial charge in [-0.05, 0) is 116 Å². The summed E-state index contributed by atoms with van der Waals surface area (Å²) in [6, 6.07) is 11.9. The van der Waals surface area contributed by atoms with Crippen LogP contribution >= 0.6 is 15.9 Å². The first kappa shape index (κ1) is 32.4. The van der Waals surface area contributed by atoms with E-state index in [9.17, 15) is 9.59 Å². The van der Waals surface area contributed by atoms with Crippen LogP contribution in [-0.2, 0) is 41.4 Å². The monoisotopic (exact) mass is 614 g/mol. The molecule has 1 unspecified atom stereocenters. The van der Waals surface area contributed by atoms with E-state index in [-0.39, 0.29) is 12.6 Å². The molecule has 218 valence electrons. The minimum atomic E-state index is -1.12. The van der Waals surface area contributed by atoms with Gasteiger partial charge < -0.3 is 18.8 Å². The maximum atomic E-state index is 13.5. The first-order valence-corrected chi connectivity index (χ1v) is 14.6. The number of esters is 2. The van der Waals surface area contributed by atoms with Crippen LogP contribution in [0.1, 0.15) is 84.6 Å². The average molecular weight is 615 g/mol. The lowest BCUT2D eigenvalue weighted by molar-refractivity contribution is -0.176. The molecule has 3 rings (SSSR count). The van der Waals surface area contributed by atoms with Crippen LogP contribution in [0, 0.1) is 24.7 Å². The van der Waals surface area contributed by atoms with Gasteiger partial charge in [0.2, 0.25) is 0 Å². The van der Waals surface area contributed by atoms with Gasteiger partial charge >= 0.3 is 19.1 Å². The maximum Gasteiger partial charge on any atom is 0.494 e. The minimum Gasteiger partial charge on any atom is -0.460 e. The van der Waals surface area contributed by atoms with Gasteiger partial charge in [0.05, 0.1) is 22.0 Å². The van der Waals surface area contributed by atoms with Gasteiger partial charge in [-0.2, -0.15) is 0 Å². The second kappa shape index (κ2) is 11.6. The fourth-order valence-corrected chi connectivity index (χ4v) is 4.65. The Kier molecular flexibility index (Phi) is 9.40. The summed E-state index contributed by atoms with van der Waals surface area (Å²) in [5.41, 5.74) is 2.00. The number of aryl methyl sites for hydroxylation is 2. The van der Waals surface area contributed by atoms with Gasteiger partial charge in [0.25, 0.3) is 0 Å².